The maximum atomic E-state index is 2.38. The molecular weight excluding hydrogens is 236 g/mol. The van der Waals surface area contributed by atoms with E-state index in [-0.39, 0.29) is 0 Å². The van der Waals surface area contributed by atoms with Gasteiger partial charge in [0, 0.05) is 4.91 Å². The minimum Gasteiger partial charge on any atom is -0.0950 e. The molecule has 0 aromatic rings. The Morgan fingerprint density at radius 3 is 2.44 bits per heavy atom. The van der Waals surface area contributed by atoms with Crippen LogP contribution in [0.1, 0.15) is 60.8 Å². The van der Waals surface area contributed by atoms with Gasteiger partial charge in [0.05, 0.1) is 0 Å². The molecular formula is C17H26S. The topological polar surface area (TPSA) is 0 Å². The molecule has 18 heavy (non-hydrogen) atoms. The number of hydrogen-bond acceptors (Lipinski definition) is 1. The van der Waals surface area contributed by atoms with Gasteiger partial charge in [-0.05, 0) is 64.9 Å². The fourth-order valence-corrected chi connectivity index (χ4v) is 3.12. The lowest BCUT2D eigenvalue weighted by atomic mass is 10.0. The maximum Gasteiger partial charge on any atom is 0.0110 e. The van der Waals surface area contributed by atoms with E-state index < -0.39 is 0 Å². The van der Waals surface area contributed by atoms with E-state index in [0.717, 1.165) is 19.3 Å². The van der Waals surface area contributed by atoms with E-state index >= 15 is 0 Å². The van der Waals surface area contributed by atoms with Crippen LogP contribution in [0.3, 0.4) is 0 Å². The summed E-state index contributed by atoms with van der Waals surface area (Å²) in [5, 5.41) is 0. The molecule has 100 valence electrons. The van der Waals surface area contributed by atoms with E-state index in [4.69, 9.17) is 0 Å². The third kappa shape index (κ3) is 4.53. The van der Waals surface area contributed by atoms with Crippen molar-refractivity contribution in [1.82, 2.24) is 0 Å². The van der Waals surface area contributed by atoms with Crippen LogP contribution in [0.4, 0.5) is 0 Å². The van der Waals surface area contributed by atoms with Gasteiger partial charge in [0.2, 0.25) is 0 Å². The van der Waals surface area contributed by atoms with Crippen LogP contribution in [0.5, 0.6) is 0 Å². The Hall–Kier alpha value is -0.690. The molecule has 0 saturated carbocycles. The lowest BCUT2D eigenvalue weighted by Gasteiger charge is -2.14. The van der Waals surface area contributed by atoms with Crippen LogP contribution in [-0.2, 0) is 0 Å². The average Bonchev–Trinajstić information content (AvgIpc) is 2.32. The molecule has 0 spiro atoms. The first-order chi connectivity index (χ1) is 8.43. The monoisotopic (exact) mass is 262 g/mol. The summed E-state index contributed by atoms with van der Waals surface area (Å²) in [5.74, 6) is 0. The van der Waals surface area contributed by atoms with E-state index in [9.17, 15) is 0 Å². The lowest BCUT2D eigenvalue weighted by Crippen LogP contribution is -1.91. The molecule has 1 heteroatoms. The van der Waals surface area contributed by atoms with Crippen molar-refractivity contribution >= 4 is 11.8 Å². The highest BCUT2D eigenvalue weighted by Gasteiger charge is 2.07. The number of allylic oxidation sites excluding steroid dienone is 7. The van der Waals surface area contributed by atoms with Gasteiger partial charge in [-0.15, -0.1) is 0 Å². The molecule has 0 aromatic heterocycles. The molecule has 0 aromatic carbocycles. The number of thioether (sulfide) groups is 1. The van der Waals surface area contributed by atoms with Gasteiger partial charge in [0.1, 0.15) is 0 Å². The predicted molar refractivity (Wildman–Crippen MR) is 85.7 cm³/mol. The smallest absolute Gasteiger partial charge is 0.0110 e. The molecule has 0 heterocycles. The van der Waals surface area contributed by atoms with Crippen LogP contribution in [-0.4, -0.2) is 0 Å². The van der Waals surface area contributed by atoms with Gasteiger partial charge in [0.15, 0.2) is 0 Å². The number of rotatable bonds is 3. The van der Waals surface area contributed by atoms with Crippen molar-refractivity contribution in [3.63, 3.8) is 0 Å². The summed E-state index contributed by atoms with van der Waals surface area (Å²) in [7, 11) is 0. The van der Waals surface area contributed by atoms with Crippen LogP contribution < -0.4 is 0 Å². The van der Waals surface area contributed by atoms with Gasteiger partial charge in [-0.25, -0.2) is 0 Å². The van der Waals surface area contributed by atoms with Crippen molar-refractivity contribution in [1.29, 1.82) is 0 Å². The molecule has 0 saturated heterocycles. The summed E-state index contributed by atoms with van der Waals surface area (Å²) < 4.78 is 0. The van der Waals surface area contributed by atoms with Crippen LogP contribution in [0.25, 0.3) is 0 Å². The Morgan fingerprint density at radius 2 is 1.83 bits per heavy atom. The first-order valence-electron chi connectivity index (χ1n) is 6.80. The normalized spacial score (nSPS) is 28.6. The van der Waals surface area contributed by atoms with Gasteiger partial charge in [-0.3, -0.25) is 0 Å². The molecule has 0 bridgehead atoms. The number of hydrogen-bond donors (Lipinski definition) is 0. The lowest BCUT2D eigenvalue weighted by molar-refractivity contribution is 1.05. The third-order valence-corrected chi connectivity index (χ3v) is 4.85. The Balaban J connectivity index is 3.02. The second-order valence-corrected chi connectivity index (χ2v) is 6.62. The fraction of sp³-hybridized carbons (Fsp3) is 0.529. The second-order valence-electron chi connectivity index (χ2n) is 5.36. The van der Waals surface area contributed by atoms with E-state index in [0.29, 0.717) is 0 Å². The highest BCUT2D eigenvalue weighted by molar-refractivity contribution is 8.06. The van der Waals surface area contributed by atoms with E-state index in [1.807, 2.05) is 11.8 Å². The minimum absolute atomic E-state index is 1.09. The van der Waals surface area contributed by atoms with Crippen LogP contribution in [0.15, 0.2) is 44.3 Å². The van der Waals surface area contributed by atoms with Gasteiger partial charge in [-0.2, -0.15) is 0 Å². The molecule has 0 aliphatic heterocycles. The molecule has 0 radical (unpaired) electrons. The summed E-state index contributed by atoms with van der Waals surface area (Å²) in [5.41, 5.74) is 5.94. The average molecular weight is 262 g/mol. The Kier molecular flexibility index (Phi) is 6.01. The largest absolute Gasteiger partial charge is 0.0950 e. The summed E-state index contributed by atoms with van der Waals surface area (Å²) in [6, 6.07) is 0. The molecule has 0 atom stereocenters. The SMILES string of the molecule is CC/C(C)=C(/C)SC1=C(\C)C/C=C(/C)C/C(C)=C\1. The van der Waals surface area contributed by atoms with E-state index in [1.54, 1.807) is 0 Å². The van der Waals surface area contributed by atoms with Gasteiger partial charge >= 0.3 is 0 Å². The molecule has 0 fully saturated rings. The molecule has 0 nitrogen and oxygen atoms in total. The molecule has 0 amide bonds. The molecule has 1 rings (SSSR count). The van der Waals surface area contributed by atoms with Crippen LogP contribution in [0.2, 0.25) is 0 Å². The van der Waals surface area contributed by atoms with E-state index in [2.05, 4.69) is 53.7 Å². The highest BCUT2D eigenvalue weighted by Crippen LogP contribution is 2.35. The van der Waals surface area contributed by atoms with Gasteiger partial charge in [-0.1, -0.05) is 47.1 Å². The first-order valence-corrected chi connectivity index (χ1v) is 7.62. The first kappa shape index (κ1) is 15.4. The van der Waals surface area contributed by atoms with Crippen molar-refractivity contribution in [2.24, 2.45) is 0 Å². The summed E-state index contributed by atoms with van der Waals surface area (Å²) >= 11 is 1.94. The second kappa shape index (κ2) is 7.04. The van der Waals surface area contributed by atoms with Crippen molar-refractivity contribution in [2.75, 3.05) is 0 Å². The highest BCUT2D eigenvalue weighted by atomic mass is 32.2. The molecule has 0 N–H and O–H groups in total. The zero-order valence-electron chi connectivity index (χ0n) is 12.7. The Morgan fingerprint density at radius 1 is 1.17 bits per heavy atom. The summed E-state index contributed by atoms with van der Waals surface area (Å²) in [6.45, 7) is 13.4. The summed E-state index contributed by atoms with van der Waals surface area (Å²) in [6.07, 6.45) is 8.11. The maximum absolute atomic E-state index is 2.38. The standard InChI is InChI=1S/C17H26S/c1-7-14(4)16(6)18-17-11-13(3)10-12(2)8-9-15(17)5/h8,11H,7,9-10H2,1-6H3/b12-8-,13-11-,16-14-,17-15+. The zero-order valence-corrected chi connectivity index (χ0v) is 13.5. The zero-order chi connectivity index (χ0) is 13.7. The van der Waals surface area contributed by atoms with Crippen LogP contribution >= 0.6 is 11.8 Å². The third-order valence-electron chi connectivity index (χ3n) is 3.51. The molecule has 1 aliphatic carbocycles. The van der Waals surface area contributed by atoms with Crippen molar-refractivity contribution in [2.45, 2.75) is 60.8 Å². The van der Waals surface area contributed by atoms with Crippen molar-refractivity contribution in [3.05, 3.63) is 44.3 Å². The van der Waals surface area contributed by atoms with Gasteiger partial charge < -0.3 is 0 Å². The summed E-state index contributed by atoms with van der Waals surface area (Å²) in [4.78, 5) is 2.90. The minimum atomic E-state index is 1.09. The van der Waals surface area contributed by atoms with Crippen molar-refractivity contribution in [3.8, 4) is 0 Å². The fourth-order valence-electron chi connectivity index (χ4n) is 1.96. The van der Waals surface area contributed by atoms with Crippen LogP contribution in [0, 0.1) is 0 Å². The quantitative estimate of drug-likeness (QED) is 0.531. The van der Waals surface area contributed by atoms with E-state index in [1.165, 1.54) is 32.1 Å². The Bertz CT molecular complexity index is 431. The van der Waals surface area contributed by atoms with Gasteiger partial charge in [0.25, 0.3) is 0 Å². The molecule has 1 aliphatic rings. The van der Waals surface area contributed by atoms with Crippen molar-refractivity contribution < 1.29 is 0 Å². The Labute approximate surface area is 117 Å². The molecule has 0 unspecified atom stereocenters. The predicted octanol–water partition coefficient (Wildman–Crippen LogP) is 6.38.